The minimum Gasteiger partial charge on any atom is -0.351 e. The van der Waals surface area contributed by atoms with Crippen molar-refractivity contribution in [2.75, 3.05) is 17.0 Å². The molecular formula is C19H20FN7OS. The first-order valence-corrected chi connectivity index (χ1v) is 9.70. The maximum Gasteiger partial charge on any atom is 0.264 e. The van der Waals surface area contributed by atoms with Crippen LogP contribution in [-0.4, -0.2) is 32.7 Å². The molecule has 0 unspecified atom stereocenters. The van der Waals surface area contributed by atoms with Crippen LogP contribution in [0.4, 0.5) is 10.3 Å². The number of nitrogens with two attached hydrogens (primary N) is 1. The lowest BCUT2D eigenvalue weighted by atomic mass is 10.1. The second kappa shape index (κ2) is 9.69. The summed E-state index contributed by atoms with van der Waals surface area (Å²) in [5.74, 6) is 5.68. The number of amides is 1. The average Bonchev–Trinajstić information content (AvgIpc) is 3.07. The summed E-state index contributed by atoms with van der Waals surface area (Å²) in [4.78, 5) is 12.0. The minimum atomic E-state index is -0.389. The number of aryl methyl sites for hydroxylation is 1. The minimum absolute atomic E-state index is 0.139. The lowest BCUT2D eigenvalue weighted by molar-refractivity contribution is -0.118. The highest BCUT2D eigenvalue weighted by molar-refractivity contribution is 7.99. The van der Waals surface area contributed by atoms with Gasteiger partial charge in [0.2, 0.25) is 11.1 Å². The molecule has 0 spiro atoms. The molecule has 0 saturated heterocycles. The van der Waals surface area contributed by atoms with E-state index in [0.717, 1.165) is 17.3 Å². The fourth-order valence-electron chi connectivity index (χ4n) is 2.28. The Bertz CT molecular complexity index is 1000. The molecule has 0 aliphatic heterocycles. The third kappa shape index (κ3) is 5.79. The van der Waals surface area contributed by atoms with Gasteiger partial charge in [-0.1, -0.05) is 59.8 Å². The van der Waals surface area contributed by atoms with Crippen LogP contribution in [0, 0.1) is 12.7 Å². The lowest BCUT2D eigenvalue weighted by Gasteiger charge is -2.06. The summed E-state index contributed by atoms with van der Waals surface area (Å²) in [7, 11) is 0. The molecule has 0 bridgehead atoms. The quantitative estimate of drug-likeness (QED) is 0.226. The molecule has 0 aliphatic carbocycles. The van der Waals surface area contributed by atoms with Gasteiger partial charge in [-0.2, -0.15) is 5.10 Å². The number of hydrogen-bond donors (Lipinski definition) is 3. The van der Waals surface area contributed by atoms with Crippen LogP contribution in [0.3, 0.4) is 0 Å². The van der Waals surface area contributed by atoms with Crippen LogP contribution in [0.15, 0.2) is 58.8 Å². The van der Waals surface area contributed by atoms with Gasteiger partial charge in [0.1, 0.15) is 5.82 Å². The molecule has 3 rings (SSSR count). The molecule has 10 heteroatoms. The number of carbonyl (C=O) groups excluding carboxylic acids is 1. The summed E-state index contributed by atoms with van der Waals surface area (Å²) in [5, 5.41) is 14.9. The monoisotopic (exact) mass is 413 g/mol. The van der Waals surface area contributed by atoms with Crippen molar-refractivity contribution >= 4 is 29.8 Å². The first-order chi connectivity index (χ1) is 14.0. The van der Waals surface area contributed by atoms with Crippen molar-refractivity contribution in [2.24, 2.45) is 5.10 Å². The Morgan fingerprint density at radius 1 is 1.24 bits per heavy atom. The van der Waals surface area contributed by atoms with E-state index in [0.29, 0.717) is 17.3 Å². The van der Waals surface area contributed by atoms with Crippen molar-refractivity contribution in [1.82, 2.24) is 20.2 Å². The summed E-state index contributed by atoms with van der Waals surface area (Å²) < 4.78 is 14.7. The number of aromatic nitrogens is 3. The zero-order chi connectivity index (χ0) is 20.6. The van der Waals surface area contributed by atoms with Crippen molar-refractivity contribution in [2.45, 2.75) is 18.6 Å². The number of nitrogen functional groups attached to an aromatic ring is 1. The molecule has 2 aromatic carbocycles. The zero-order valence-corrected chi connectivity index (χ0v) is 16.5. The molecule has 0 fully saturated rings. The number of hydrogen-bond acceptors (Lipinski definition) is 7. The Kier molecular flexibility index (Phi) is 6.80. The number of nitrogens with one attached hydrogen (secondary N) is 2. The molecule has 1 amide bonds. The van der Waals surface area contributed by atoms with Crippen LogP contribution in [0.25, 0.3) is 0 Å². The van der Waals surface area contributed by atoms with E-state index in [-0.39, 0.29) is 23.4 Å². The van der Waals surface area contributed by atoms with E-state index in [1.165, 1.54) is 22.5 Å². The number of hydrazone groups is 1. The lowest BCUT2D eigenvalue weighted by Crippen LogP contribution is -2.25. The molecule has 4 N–H and O–H groups in total. The summed E-state index contributed by atoms with van der Waals surface area (Å²) in [6.45, 7) is 2.46. The van der Waals surface area contributed by atoms with Crippen LogP contribution >= 0.6 is 11.8 Å². The second-order valence-electron chi connectivity index (χ2n) is 6.12. The zero-order valence-electron chi connectivity index (χ0n) is 15.7. The third-order valence-electron chi connectivity index (χ3n) is 3.88. The summed E-state index contributed by atoms with van der Waals surface area (Å²) >= 11 is 1.15. The standard InChI is InChI=1S/C19H20FN7OS/c1-13-6-8-14(9-7-13)10-22-17(28)12-29-19-26-25-18(27(19)21)24-23-11-15-4-2-3-5-16(15)20/h2-9,11H,10,12,21H2,1H3,(H,22,28)(H,24,25)/b23-11+. The van der Waals surface area contributed by atoms with Gasteiger partial charge in [0.15, 0.2) is 0 Å². The third-order valence-corrected chi connectivity index (χ3v) is 4.82. The van der Waals surface area contributed by atoms with Gasteiger partial charge in [-0.3, -0.25) is 4.79 Å². The summed E-state index contributed by atoms with van der Waals surface area (Å²) in [6, 6.07) is 14.2. The van der Waals surface area contributed by atoms with Crippen LogP contribution < -0.4 is 16.6 Å². The molecule has 1 heterocycles. The smallest absolute Gasteiger partial charge is 0.264 e. The van der Waals surface area contributed by atoms with Gasteiger partial charge in [0.05, 0.1) is 12.0 Å². The molecular weight excluding hydrogens is 393 g/mol. The molecule has 8 nitrogen and oxygen atoms in total. The second-order valence-corrected chi connectivity index (χ2v) is 7.06. The fraction of sp³-hybridized carbons (Fsp3) is 0.158. The van der Waals surface area contributed by atoms with E-state index in [1.54, 1.807) is 18.2 Å². The van der Waals surface area contributed by atoms with Crippen LogP contribution in [-0.2, 0) is 11.3 Å². The average molecular weight is 413 g/mol. The van der Waals surface area contributed by atoms with E-state index < -0.39 is 0 Å². The number of carbonyl (C=O) groups is 1. The number of thioether (sulfide) groups is 1. The Labute approximate surface area is 171 Å². The van der Waals surface area contributed by atoms with Crippen LogP contribution in [0.2, 0.25) is 0 Å². The highest BCUT2D eigenvalue weighted by atomic mass is 32.2. The van der Waals surface area contributed by atoms with Gasteiger partial charge in [-0.05, 0) is 18.6 Å². The molecule has 0 saturated carbocycles. The van der Waals surface area contributed by atoms with Gasteiger partial charge >= 0.3 is 0 Å². The van der Waals surface area contributed by atoms with Crippen LogP contribution in [0.1, 0.15) is 16.7 Å². The van der Waals surface area contributed by atoms with Crippen LogP contribution in [0.5, 0.6) is 0 Å². The van der Waals surface area contributed by atoms with E-state index in [2.05, 4.69) is 26.0 Å². The number of anilines is 1. The molecule has 150 valence electrons. The van der Waals surface area contributed by atoms with Gasteiger partial charge in [0.25, 0.3) is 5.95 Å². The molecule has 0 atom stereocenters. The van der Waals surface area contributed by atoms with Gasteiger partial charge < -0.3 is 11.2 Å². The Morgan fingerprint density at radius 2 is 2.00 bits per heavy atom. The topological polar surface area (TPSA) is 110 Å². The van der Waals surface area contributed by atoms with E-state index in [1.807, 2.05) is 31.2 Å². The van der Waals surface area contributed by atoms with E-state index in [9.17, 15) is 9.18 Å². The van der Waals surface area contributed by atoms with Crippen molar-refractivity contribution in [3.63, 3.8) is 0 Å². The van der Waals surface area contributed by atoms with E-state index >= 15 is 0 Å². The highest BCUT2D eigenvalue weighted by Crippen LogP contribution is 2.16. The highest BCUT2D eigenvalue weighted by Gasteiger charge is 2.12. The number of rotatable bonds is 8. The molecule has 0 radical (unpaired) electrons. The van der Waals surface area contributed by atoms with Crippen molar-refractivity contribution in [3.05, 3.63) is 71.0 Å². The SMILES string of the molecule is Cc1ccc(CNC(=O)CSc2nnc(N/N=C/c3ccccc3F)n2N)cc1. The summed E-state index contributed by atoms with van der Waals surface area (Å²) in [5.41, 5.74) is 5.11. The largest absolute Gasteiger partial charge is 0.351 e. The Balaban J connectivity index is 1.48. The first kappa shape index (κ1) is 20.3. The Morgan fingerprint density at radius 3 is 2.76 bits per heavy atom. The summed E-state index contributed by atoms with van der Waals surface area (Å²) in [6.07, 6.45) is 1.31. The number of halogens is 1. The van der Waals surface area contributed by atoms with Gasteiger partial charge in [-0.15, -0.1) is 10.2 Å². The predicted octanol–water partition coefficient (Wildman–Crippen LogP) is 2.29. The van der Waals surface area contributed by atoms with Gasteiger partial charge in [0, 0.05) is 12.1 Å². The normalized spacial score (nSPS) is 11.0. The maximum atomic E-state index is 13.5. The maximum absolute atomic E-state index is 13.5. The number of benzene rings is 2. The van der Waals surface area contributed by atoms with Gasteiger partial charge in [-0.25, -0.2) is 14.5 Å². The first-order valence-electron chi connectivity index (χ1n) is 8.72. The van der Waals surface area contributed by atoms with Crippen molar-refractivity contribution in [3.8, 4) is 0 Å². The Hall–Kier alpha value is -3.40. The molecule has 1 aromatic heterocycles. The number of nitrogens with zero attached hydrogens (tertiary/aromatic N) is 4. The van der Waals surface area contributed by atoms with Crippen molar-refractivity contribution < 1.29 is 9.18 Å². The molecule has 29 heavy (non-hydrogen) atoms. The fourth-order valence-corrected chi connectivity index (χ4v) is 2.97. The predicted molar refractivity (Wildman–Crippen MR) is 112 cm³/mol. The molecule has 0 aliphatic rings. The molecule has 3 aromatic rings. The van der Waals surface area contributed by atoms with Crippen molar-refractivity contribution in [1.29, 1.82) is 0 Å². The van der Waals surface area contributed by atoms with E-state index in [4.69, 9.17) is 5.84 Å².